The van der Waals surface area contributed by atoms with Gasteiger partial charge in [-0.3, -0.25) is 5.32 Å². The fraction of sp³-hybridized carbons (Fsp3) is 0.350. The van der Waals surface area contributed by atoms with E-state index < -0.39 is 12.4 Å². The highest BCUT2D eigenvalue weighted by molar-refractivity contribution is 6.00. The summed E-state index contributed by atoms with van der Waals surface area (Å²) in [6.07, 6.45) is 4.07. The van der Waals surface area contributed by atoms with Gasteiger partial charge in [-0.1, -0.05) is 30.3 Å². The van der Waals surface area contributed by atoms with Crippen molar-refractivity contribution in [1.82, 2.24) is 19.9 Å². The Kier molecular flexibility index (Phi) is 5.12. The number of aromatic nitrogens is 3. The van der Waals surface area contributed by atoms with Gasteiger partial charge in [0.15, 0.2) is 6.23 Å². The summed E-state index contributed by atoms with van der Waals surface area (Å²) in [6, 6.07) is 9.85. The van der Waals surface area contributed by atoms with Crippen LogP contribution in [0.15, 0.2) is 42.9 Å². The summed E-state index contributed by atoms with van der Waals surface area (Å²) in [5, 5.41) is 4.07. The predicted molar refractivity (Wildman–Crippen MR) is 106 cm³/mol. The second kappa shape index (κ2) is 7.85. The molecule has 1 fully saturated rings. The van der Waals surface area contributed by atoms with Crippen molar-refractivity contribution < 1.29 is 14.3 Å². The molecular formula is C20H23N5O3. The van der Waals surface area contributed by atoms with Crippen LogP contribution >= 0.6 is 0 Å². The largest absolute Gasteiger partial charge is 0.509 e. The maximum atomic E-state index is 11.9. The highest BCUT2D eigenvalue weighted by Crippen LogP contribution is 2.36. The van der Waals surface area contributed by atoms with Gasteiger partial charge in [0, 0.05) is 11.8 Å². The van der Waals surface area contributed by atoms with Gasteiger partial charge in [-0.25, -0.2) is 14.8 Å². The van der Waals surface area contributed by atoms with Crippen molar-refractivity contribution in [2.24, 2.45) is 0 Å². The zero-order valence-electron chi connectivity index (χ0n) is 15.7. The molecule has 1 aromatic carbocycles. The van der Waals surface area contributed by atoms with Crippen LogP contribution in [0.25, 0.3) is 22.2 Å². The summed E-state index contributed by atoms with van der Waals surface area (Å²) in [5.74, 6) is 0.425. The molecule has 8 heteroatoms. The number of ether oxygens (including phenoxy) is 2. The third-order valence-electron chi connectivity index (χ3n) is 4.94. The maximum Gasteiger partial charge on any atom is 0.509 e. The maximum absolute atomic E-state index is 11.9. The Morgan fingerprint density at radius 2 is 2.14 bits per heavy atom. The van der Waals surface area contributed by atoms with Crippen LogP contribution in [0.2, 0.25) is 0 Å². The zero-order valence-corrected chi connectivity index (χ0v) is 15.7. The standard InChI is InChI=1S/C20H23N5O3/c1-2-27-20(26)28-19-15(9-6-10-22-19)25-11-14(13-7-4-3-5-8-13)16-17(21)23-12-24-18(16)25/h3-5,7-8,11-12,15,19,22H,2,6,9-10H2,1H3,(H2,21,23,24). The lowest BCUT2D eigenvalue weighted by molar-refractivity contribution is -0.0169. The van der Waals surface area contributed by atoms with E-state index in [4.69, 9.17) is 15.2 Å². The Morgan fingerprint density at radius 1 is 1.32 bits per heavy atom. The first-order valence-electron chi connectivity index (χ1n) is 9.42. The average molecular weight is 381 g/mol. The molecule has 1 saturated heterocycles. The number of anilines is 1. The molecule has 0 aliphatic carbocycles. The molecule has 1 aliphatic rings. The zero-order chi connectivity index (χ0) is 19.5. The fourth-order valence-corrected chi connectivity index (χ4v) is 3.70. The Labute approximate surface area is 162 Å². The second-order valence-corrected chi connectivity index (χ2v) is 6.66. The number of rotatable bonds is 4. The molecule has 2 aromatic heterocycles. The number of hydrogen-bond donors (Lipinski definition) is 2. The average Bonchev–Trinajstić information content (AvgIpc) is 3.10. The Balaban J connectivity index is 1.79. The van der Waals surface area contributed by atoms with Gasteiger partial charge in [0.05, 0.1) is 18.0 Å². The summed E-state index contributed by atoms with van der Waals surface area (Å²) >= 11 is 0. The van der Waals surface area contributed by atoms with Crippen LogP contribution in [0, 0.1) is 0 Å². The number of nitrogens with zero attached hydrogens (tertiary/aromatic N) is 3. The SMILES string of the molecule is CCOC(=O)OC1NCCCC1n1cc(-c2ccccc2)c2c(N)ncnc21. The van der Waals surface area contributed by atoms with Crippen molar-refractivity contribution in [1.29, 1.82) is 0 Å². The number of nitrogens with one attached hydrogen (secondary N) is 1. The monoisotopic (exact) mass is 381 g/mol. The van der Waals surface area contributed by atoms with Crippen LogP contribution < -0.4 is 11.1 Å². The summed E-state index contributed by atoms with van der Waals surface area (Å²) < 4.78 is 12.5. The molecule has 2 unspecified atom stereocenters. The van der Waals surface area contributed by atoms with E-state index >= 15 is 0 Å². The molecule has 0 amide bonds. The molecule has 0 bridgehead atoms. The molecule has 1 aliphatic heterocycles. The fourth-order valence-electron chi connectivity index (χ4n) is 3.70. The van der Waals surface area contributed by atoms with Gasteiger partial charge in [0.2, 0.25) is 0 Å². The van der Waals surface area contributed by atoms with Crippen LogP contribution in [0.3, 0.4) is 0 Å². The smallest absolute Gasteiger partial charge is 0.435 e. The molecule has 3 aromatic rings. The van der Waals surface area contributed by atoms with Crippen LogP contribution in [0.5, 0.6) is 0 Å². The van der Waals surface area contributed by atoms with Crippen molar-refractivity contribution in [2.75, 3.05) is 18.9 Å². The van der Waals surface area contributed by atoms with Gasteiger partial charge in [-0.05, 0) is 31.9 Å². The molecule has 4 rings (SSSR count). The number of fused-ring (bicyclic) bond motifs is 1. The molecule has 146 valence electrons. The van der Waals surface area contributed by atoms with Crippen LogP contribution in [0.1, 0.15) is 25.8 Å². The minimum atomic E-state index is -0.680. The molecule has 0 saturated carbocycles. The number of benzene rings is 1. The lowest BCUT2D eigenvalue weighted by Gasteiger charge is -2.32. The highest BCUT2D eigenvalue weighted by Gasteiger charge is 2.32. The third-order valence-corrected chi connectivity index (χ3v) is 4.94. The first kappa shape index (κ1) is 18.2. The summed E-state index contributed by atoms with van der Waals surface area (Å²) in [4.78, 5) is 20.6. The van der Waals surface area contributed by atoms with E-state index in [1.54, 1.807) is 6.92 Å². The normalized spacial score (nSPS) is 19.5. The number of carbonyl (C=O) groups is 1. The van der Waals surface area contributed by atoms with Gasteiger partial charge < -0.3 is 19.8 Å². The molecule has 0 spiro atoms. The quantitative estimate of drug-likeness (QED) is 0.669. The second-order valence-electron chi connectivity index (χ2n) is 6.66. The number of nitrogen functional groups attached to an aromatic ring is 1. The van der Waals surface area contributed by atoms with Crippen LogP contribution in [-0.2, 0) is 9.47 Å². The van der Waals surface area contributed by atoms with Gasteiger partial charge in [0.1, 0.15) is 17.8 Å². The van der Waals surface area contributed by atoms with Crippen molar-refractivity contribution in [3.8, 4) is 11.1 Å². The van der Waals surface area contributed by atoms with Crippen molar-refractivity contribution >= 4 is 23.0 Å². The molecule has 2 atom stereocenters. The molecular weight excluding hydrogens is 358 g/mol. The van der Waals surface area contributed by atoms with Gasteiger partial charge in [-0.2, -0.15) is 0 Å². The number of piperidine rings is 1. The summed E-state index contributed by atoms with van der Waals surface area (Å²) in [7, 11) is 0. The lowest BCUT2D eigenvalue weighted by Crippen LogP contribution is -2.45. The summed E-state index contributed by atoms with van der Waals surface area (Å²) in [6.45, 7) is 2.78. The molecule has 8 nitrogen and oxygen atoms in total. The first-order chi connectivity index (χ1) is 13.7. The van der Waals surface area contributed by atoms with Crippen LogP contribution in [-0.4, -0.2) is 40.1 Å². The van der Waals surface area contributed by atoms with Crippen molar-refractivity contribution in [2.45, 2.75) is 32.0 Å². The Morgan fingerprint density at radius 3 is 2.93 bits per heavy atom. The minimum Gasteiger partial charge on any atom is -0.435 e. The molecule has 3 N–H and O–H groups in total. The molecule has 0 radical (unpaired) electrons. The first-order valence-corrected chi connectivity index (χ1v) is 9.42. The van der Waals surface area contributed by atoms with Gasteiger partial charge >= 0.3 is 6.16 Å². The van der Waals surface area contributed by atoms with Crippen molar-refractivity contribution in [3.05, 3.63) is 42.9 Å². The number of carbonyl (C=O) groups excluding carboxylic acids is 1. The van der Waals surface area contributed by atoms with E-state index in [0.29, 0.717) is 5.82 Å². The van der Waals surface area contributed by atoms with E-state index in [0.717, 1.165) is 41.5 Å². The summed E-state index contributed by atoms with van der Waals surface area (Å²) in [5.41, 5.74) is 8.91. The Hall–Kier alpha value is -3.13. The van der Waals surface area contributed by atoms with E-state index in [1.165, 1.54) is 6.33 Å². The van der Waals surface area contributed by atoms with E-state index in [9.17, 15) is 4.79 Å². The minimum absolute atomic E-state index is 0.132. The van der Waals surface area contributed by atoms with E-state index in [1.807, 2.05) is 41.1 Å². The highest BCUT2D eigenvalue weighted by atomic mass is 16.7. The van der Waals surface area contributed by atoms with Crippen molar-refractivity contribution in [3.63, 3.8) is 0 Å². The molecule has 3 heterocycles. The lowest BCUT2D eigenvalue weighted by atomic mass is 10.1. The third kappa shape index (κ3) is 3.38. The van der Waals surface area contributed by atoms with Crippen LogP contribution in [0.4, 0.5) is 10.6 Å². The Bertz CT molecular complexity index is 973. The topological polar surface area (TPSA) is 104 Å². The number of nitrogens with two attached hydrogens (primary N) is 1. The predicted octanol–water partition coefficient (Wildman–Crippen LogP) is 3.10. The molecule has 28 heavy (non-hydrogen) atoms. The van der Waals surface area contributed by atoms with Gasteiger partial charge in [0.25, 0.3) is 0 Å². The van der Waals surface area contributed by atoms with E-state index in [2.05, 4.69) is 15.3 Å². The van der Waals surface area contributed by atoms with Gasteiger partial charge in [-0.15, -0.1) is 0 Å². The van der Waals surface area contributed by atoms with E-state index in [-0.39, 0.29) is 12.6 Å². The number of hydrogen-bond acceptors (Lipinski definition) is 7.